The van der Waals surface area contributed by atoms with Gasteiger partial charge in [0, 0.05) is 12.0 Å². The van der Waals surface area contributed by atoms with E-state index in [9.17, 15) is 0 Å². The second-order valence-corrected chi connectivity index (χ2v) is 13.7. The molecule has 4 aliphatic rings. The summed E-state index contributed by atoms with van der Waals surface area (Å²) in [5, 5.41) is 0. The summed E-state index contributed by atoms with van der Waals surface area (Å²) in [4.78, 5) is 0. The Balaban J connectivity index is 1.66. The van der Waals surface area contributed by atoms with Gasteiger partial charge in [-0.1, -0.05) is 66.0 Å². The monoisotopic (exact) mass is 514 g/mol. The van der Waals surface area contributed by atoms with Crippen LogP contribution in [0.15, 0.2) is 25.3 Å². The molecule has 4 aliphatic carbocycles. The summed E-state index contributed by atoms with van der Waals surface area (Å²) in [6, 6.07) is 0. The fourth-order valence-electron chi connectivity index (χ4n) is 10.1. The molecule has 4 saturated carbocycles. The first-order valence-corrected chi connectivity index (χ1v) is 15.9. The Morgan fingerprint density at radius 1 is 0.892 bits per heavy atom. The molecule has 0 radical (unpaired) electrons. The van der Waals surface area contributed by atoms with E-state index in [1.54, 1.807) is 0 Å². The van der Waals surface area contributed by atoms with Crippen molar-refractivity contribution >= 4 is 0 Å². The molecule has 0 N–H and O–H groups in total. The molecule has 0 unspecified atom stereocenters. The molecule has 3 nitrogen and oxygen atoms in total. The highest BCUT2D eigenvalue weighted by Crippen LogP contribution is 2.69. The molecule has 37 heavy (non-hydrogen) atoms. The van der Waals surface area contributed by atoms with Crippen molar-refractivity contribution in [1.82, 2.24) is 0 Å². The zero-order valence-electron chi connectivity index (χ0n) is 24.9. The van der Waals surface area contributed by atoms with Crippen LogP contribution in [0.5, 0.6) is 0 Å². The van der Waals surface area contributed by atoms with Gasteiger partial charge in [-0.3, -0.25) is 0 Å². The zero-order chi connectivity index (χ0) is 26.6. The number of hydrogen-bond acceptors (Lipinski definition) is 3. The van der Waals surface area contributed by atoms with E-state index in [1.807, 2.05) is 12.2 Å². The maximum absolute atomic E-state index is 6.78. The number of rotatable bonds is 13. The summed E-state index contributed by atoms with van der Waals surface area (Å²) >= 11 is 0. The molecule has 11 atom stereocenters. The molecule has 4 rings (SSSR count). The Bertz CT molecular complexity index is 749. The molecule has 0 aromatic carbocycles. The summed E-state index contributed by atoms with van der Waals surface area (Å²) < 4.78 is 19.9. The maximum Gasteiger partial charge on any atom is 0.0648 e. The van der Waals surface area contributed by atoms with Gasteiger partial charge >= 0.3 is 0 Å². The largest absolute Gasteiger partial charge is 0.378 e. The van der Waals surface area contributed by atoms with Crippen LogP contribution in [0.3, 0.4) is 0 Å². The van der Waals surface area contributed by atoms with Crippen molar-refractivity contribution in [3.63, 3.8) is 0 Å². The number of hydrogen-bond donors (Lipinski definition) is 0. The van der Waals surface area contributed by atoms with Crippen LogP contribution in [-0.4, -0.2) is 38.1 Å². The molecule has 0 amide bonds. The van der Waals surface area contributed by atoms with Gasteiger partial charge in [0.15, 0.2) is 0 Å². The lowest BCUT2D eigenvalue weighted by Crippen LogP contribution is -2.63. The SMILES string of the molecule is C=CCO[C@H]1C[C@H]2[C@@H]([C@H](OCC=C)C[C@@H]3C[C@H](OCCCC)CC[C@@]32C)[C@@H]2CC[C@H]([C@H](C)CCC)[C@@]12C. The van der Waals surface area contributed by atoms with Crippen molar-refractivity contribution in [3.05, 3.63) is 25.3 Å². The van der Waals surface area contributed by atoms with Crippen LogP contribution in [0.4, 0.5) is 0 Å². The minimum Gasteiger partial charge on any atom is -0.378 e. The van der Waals surface area contributed by atoms with Crippen molar-refractivity contribution in [1.29, 1.82) is 0 Å². The van der Waals surface area contributed by atoms with Gasteiger partial charge in [-0.25, -0.2) is 0 Å². The Labute approximate surface area is 229 Å². The summed E-state index contributed by atoms with van der Waals surface area (Å²) in [5.74, 6) is 4.13. The van der Waals surface area contributed by atoms with Gasteiger partial charge in [0.25, 0.3) is 0 Å². The lowest BCUT2D eigenvalue weighted by atomic mass is 9.43. The molecule has 0 aromatic rings. The van der Waals surface area contributed by atoms with Crippen molar-refractivity contribution < 1.29 is 14.2 Å². The first-order chi connectivity index (χ1) is 17.8. The summed E-state index contributed by atoms with van der Waals surface area (Å²) in [5.41, 5.74) is 0.575. The second-order valence-electron chi connectivity index (χ2n) is 13.7. The molecule has 0 aromatic heterocycles. The molecular formula is C34H58O3. The molecule has 0 spiro atoms. The highest BCUT2D eigenvalue weighted by Gasteiger charge is 2.66. The third-order valence-corrected chi connectivity index (χ3v) is 11.9. The molecular weight excluding hydrogens is 456 g/mol. The highest BCUT2D eigenvalue weighted by atomic mass is 16.5. The van der Waals surface area contributed by atoms with Gasteiger partial charge in [0.2, 0.25) is 0 Å². The van der Waals surface area contributed by atoms with Gasteiger partial charge in [-0.15, -0.1) is 13.2 Å². The molecule has 0 saturated heterocycles. The van der Waals surface area contributed by atoms with Gasteiger partial charge in [-0.2, -0.15) is 0 Å². The van der Waals surface area contributed by atoms with E-state index in [-0.39, 0.29) is 5.41 Å². The molecule has 0 bridgehead atoms. The van der Waals surface area contributed by atoms with Crippen LogP contribution in [-0.2, 0) is 14.2 Å². The first kappa shape index (κ1) is 29.3. The van der Waals surface area contributed by atoms with Crippen LogP contribution in [0, 0.1) is 46.3 Å². The van der Waals surface area contributed by atoms with Gasteiger partial charge in [0.05, 0.1) is 31.5 Å². The molecule has 4 fully saturated rings. The molecule has 212 valence electrons. The summed E-state index contributed by atoms with van der Waals surface area (Å²) in [7, 11) is 0. The minimum atomic E-state index is 0.220. The van der Waals surface area contributed by atoms with E-state index in [4.69, 9.17) is 14.2 Å². The minimum absolute atomic E-state index is 0.220. The van der Waals surface area contributed by atoms with E-state index in [2.05, 4.69) is 47.8 Å². The average Bonchev–Trinajstić information content (AvgIpc) is 3.24. The second kappa shape index (κ2) is 12.7. The third kappa shape index (κ3) is 5.53. The molecule has 0 aliphatic heterocycles. The van der Waals surface area contributed by atoms with Gasteiger partial charge in [0.1, 0.15) is 0 Å². The van der Waals surface area contributed by atoms with Crippen LogP contribution in [0.1, 0.15) is 105 Å². The normalized spacial score (nSPS) is 43.9. The van der Waals surface area contributed by atoms with Crippen molar-refractivity contribution in [2.45, 2.75) is 124 Å². The summed E-state index contributed by atoms with van der Waals surface area (Å²) in [6.45, 7) is 22.6. The zero-order valence-corrected chi connectivity index (χ0v) is 24.9. The molecule has 0 heterocycles. The fraction of sp³-hybridized carbons (Fsp3) is 0.882. The van der Waals surface area contributed by atoms with E-state index in [0.717, 1.165) is 18.4 Å². The topological polar surface area (TPSA) is 27.7 Å². The highest BCUT2D eigenvalue weighted by molar-refractivity contribution is 5.15. The lowest BCUT2D eigenvalue weighted by Gasteiger charge is -2.64. The van der Waals surface area contributed by atoms with E-state index < -0.39 is 0 Å². The van der Waals surface area contributed by atoms with Crippen LogP contribution >= 0.6 is 0 Å². The number of fused-ring (bicyclic) bond motifs is 5. The van der Waals surface area contributed by atoms with Crippen molar-refractivity contribution in [3.8, 4) is 0 Å². The van der Waals surface area contributed by atoms with Crippen LogP contribution in [0.25, 0.3) is 0 Å². The standard InChI is InChI=1S/C34H58O3/c1-8-12-20-35-26-16-17-33(6)25(21-26)22-30(36-18-10-3)32-28-15-14-27(24(5)13-9-2)34(28,7)31(23-29(32)33)37-19-11-4/h10-11,24-32H,3-4,8-9,12-23H2,1-2,5-7H3/t24-,25+,26-,27-,28+,29+,30-,31+,32+,33+,34-/m1/s1. The number of ether oxygens (including phenoxy) is 3. The molecule has 3 heteroatoms. The predicted octanol–water partition coefficient (Wildman–Crippen LogP) is 8.63. The van der Waals surface area contributed by atoms with Gasteiger partial charge < -0.3 is 14.2 Å². The van der Waals surface area contributed by atoms with E-state index in [0.29, 0.717) is 60.6 Å². The van der Waals surface area contributed by atoms with Crippen LogP contribution in [0.2, 0.25) is 0 Å². The average molecular weight is 515 g/mol. The quantitative estimate of drug-likeness (QED) is 0.182. The Morgan fingerprint density at radius 2 is 1.65 bits per heavy atom. The van der Waals surface area contributed by atoms with E-state index >= 15 is 0 Å². The fourth-order valence-corrected chi connectivity index (χ4v) is 10.1. The smallest absolute Gasteiger partial charge is 0.0648 e. The van der Waals surface area contributed by atoms with Crippen molar-refractivity contribution in [2.75, 3.05) is 19.8 Å². The van der Waals surface area contributed by atoms with E-state index in [1.165, 1.54) is 70.6 Å². The Kier molecular flexibility index (Phi) is 10.1. The third-order valence-electron chi connectivity index (χ3n) is 11.9. The predicted molar refractivity (Wildman–Crippen MR) is 155 cm³/mol. The van der Waals surface area contributed by atoms with Crippen LogP contribution < -0.4 is 0 Å². The maximum atomic E-state index is 6.78. The summed E-state index contributed by atoms with van der Waals surface area (Å²) in [6.07, 6.45) is 18.7. The van der Waals surface area contributed by atoms with Crippen molar-refractivity contribution in [2.24, 2.45) is 46.3 Å². The van der Waals surface area contributed by atoms with Gasteiger partial charge in [-0.05, 0) is 92.3 Å². The number of unbranched alkanes of at least 4 members (excludes halogenated alkanes) is 1. The Hall–Kier alpha value is -0.640. The Morgan fingerprint density at radius 3 is 2.35 bits per heavy atom. The first-order valence-electron chi connectivity index (χ1n) is 15.9. The lowest BCUT2D eigenvalue weighted by molar-refractivity contribution is -0.224.